The van der Waals surface area contributed by atoms with Crippen LogP contribution in [-0.2, 0) is 16.1 Å². The monoisotopic (exact) mass is 323 g/mol. The number of aromatic nitrogens is 1. The average molecular weight is 323 g/mol. The third kappa shape index (κ3) is 2.66. The second-order valence-corrected chi connectivity index (χ2v) is 6.24. The number of para-hydroxylation sites is 1. The summed E-state index contributed by atoms with van der Waals surface area (Å²) in [7, 11) is 1.90. The molecular formula is C19H21N3O2. The zero-order chi connectivity index (χ0) is 16.7. The van der Waals surface area contributed by atoms with Crippen molar-refractivity contribution in [1.29, 1.82) is 0 Å². The Bertz CT molecular complexity index is 912. The molecule has 1 fully saturated rings. The van der Waals surface area contributed by atoms with Gasteiger partial charge in [-0.05, 0) is 38.2 Å². The number of likely N-dealkylation sites (N-methyl/N-ethyl adjacent to an activating group) is 1. The molecule has 0 spiro atoms. The normalized spacial score (nSPS) is 16.9. The first-order valence-electron chi connectivity index (χ1n) is 8.30. The van der Waals surface area contributed by atoms with Crippen molar-refractivity contribution in [3.05, 3.63) is 42.5 Å². The lowest BCUT2D eigenvalue weighted by Gasteiger charge is -2.13. The number of epoxide rings is 1. The first-order chi connectivity index (χ1) is 11.7. The molecule has 24 heavy (non-hydrogen) atoms. The molecule has 5 nitrogen and oxygen atoms in total. The van der Waals surface area contributed by atoms with Crippen LogP contribution in [0, 0.1) is 0 Å². The van der Waals surface area contributed by atoms with E-state index in [9.17, 15) is 4.79 Å². The number of benzene rings is 2. The van der Waals surface area contributed by atoms with Gasteiger partial charge < -0.3 is 14.6 Å². The molecule has 3 aromatic rings. The van der Waals surface area contributed by atoms with Gasteiger partial charge in [0.15, 0.2) is 0 Å². The molecule has 1 N–H and O–H groups in total. The molecule has 5 heteroatoms. The van der Waals surface area contributed by atoms with E-state index >= 15 is 0 Å². The minimum Gasteiger partial charge on any atom is -0.357 e. The van der Waals surface area contributed by atoms with Crippen LogP contribution in [0.1, 0.15) is 6.92 Å². The van der Waals surface area contributed by atoms with Crippen molar-refractivity contribution in [2.45, 2.75) is 19.7 Å². The van der Waals surface area contributed by atoms with Crippen molar-refractivity contribution in [1.82, 2.24) is 9.47 Å². The molecule has 2 aromatic carbocycles. The summed E-state index contributed by atoms with van der Waals surface area (Å²) in [6.45, 7) is 4.12. The Hall–Kier alpha value is -2.37. The average Bonchev–Trinajstić information content (AvgIpc) is 3.38. The number of hydrogen-bond acceptors (Lipinski definition) is 3. The standard InChI is InChI=1S/C19H21N3O2/c1-3-22-16-7-5-4-6-14(16)15-10-13(8-9-17(15)22)20-18(23)11-21(2)19-12-24-19/h4-10,19H,3,11-12H2,1-2H3,(H,20,23)/t19-/m0/s1. The highest BCUT2D eigenvalue weighted by Gasteiger charge is 2.28. The van der Waals surface area contributed by atoms with Crippen LogP contribution in [-0.4, -0.2) is 41.8 Å². The van der Waals surface area contributed by atoms with E-state index in [1.807, 2.05) is 18.0 Å². The summed E-state index contributed by atoms with van der Waals surface area (Å²) in [4.78, 5) is 14.1. The molecule has 124 valence electrons. The van der Waals surface area contributed by atoms with Gasteiger partial charge in [0, 0.05) is 34.0 Å². The SMILES string of the molecule is CCn1c2ccccc2c2cc(NC(=O)CN(C)[C@@H]3CO3)ccc21. The lowest BCUT2D eigenvalue weighted by atomic mass is 10.1. The van der Waals surface area contributed by atoms with Crippen molar-refractivity contribution >= 4 is 33.4 Å². The Morgan fingerprint density at radius 3 is 2.75 bits per heavy atom. The fraction of sp³-hybridized carbons (Fsp3) is 0.316. The summed E-state index contributed by atoms with van der Waals surface area (Å²) >= 11 is 0. The topological polar surface area (TPSA) is 49.8 Å². The number of aryl methyl sites for hydroxylation is 1. The molecule has 4 rings (SSSR count). The van der Waals surface area contributed by atoms with Crippen LogP contribution in [0.25, 0.3) is 21.8 Å². The molecule has 0 radical (unpaired) electrons. The number of fused-ring (bicyclic) bond motifs is 3. The Kier molecular flexibility index (Phi) is 3.75. The van der Waals surface area contributed by atoms with Crippen molar-refractivity contribution < 1.29 is 9.53 Å². The Morgan fingerprint density at radius 1 is 1.25 bits per heavy atom. The van der Waals surface area contributed by atoms with Crippen LogP contribution >= 0.6 is 0 Å². The maximum atomic E-state index is 12.2. The van der Waals surface area contributed by atoms with Crippen molar-refractivity contribution in [2.75, 3.05) is 25.5 Å². The lowest BCUT2D eigenvalue weighted by Crippen LogP contribution is -2.32. The summed E-state index contributed by atoms with van der Waals surface area (Å²) in [6, 6.07) is 14.5. The smallest absolute Gasteiger partial charge is 0.238 e. The van der Waals surface area contributed by atoms with E-state index < -0.39 is 0 Å². The molecular weight excluding hydrogens is 302 g/mol. The van der Waals surface area contributed by atoms with Gasteiger partial charge in [0.25, 0.3) is 0 Å². The van der Waals surface area contributed by atoms with Crippen LogP contribution in [0.3, 0.4) is 0 Å². The van der Waals surface area contributed by atoms with E-state index in [0.29, 0.717) is 13.2 Å². The molecule has 0 unspecified atom stereocenters. The molecule has 2 heterocycles. The van der Waals surface area contributed by atoms with Gasteiger partial charge in [-0.3, -0.25) is 9.69 Å². The molecule has 1 aromatic heterocycles. The number of amides is 1. The van der Waals surface area contributed by atoms with Gasteiger partial charge in [0.2, 0.25) is 5.91 Å². The molecule has 1 saturated heterocycles. The van der Waals surface area contributed by atoms with Crippen LogP contribution in [0.2, 0.25) is 0 Å². The number of rotatable bonds is 5. The zero-order valence-corrected chi connectivity index (χ0v) is 14.0. The van der Waals surface area contributed by atoms with Crippen LogP contribution < -0.4 is 5.32 Å². The quantitative estimate of drug-likeness (QED) is 0.734. The Balaban J connectivity index is 1.65. The van der Waals surface area contributed by atoms with Gasteiger partial charge in [-0.2, -0.15) is 0 Å². The van der Waals surface area contributed by atoms with E-state index in [1.165, 1.54) is 21.8 Å². The van der Waals surface area contributed by atoms with Crippen molar-refractivity contribution in [3.8, 4) is 0 Å². The van der Waals surface area contributed by atoms with Gasteiger partial charge in [-0.25, -0.2) is 0 Å². The summed E-state index contributed by atoms with van der Waals surface area (Å²) in [6.07, 6.45) is 0.0979. The fourth-order valence-corrected chi connectivity index (χ4v) is 3.30. The van der Waals surface area contributed by atoms with Crippen molar-refractivity contribution in [2.24, 2.45) is 0 Å². The molecule has 0 saturated carbocycles. The van der Waals surface area contributed by atoms with E-state index in [-0.39, 0.29) is 12.1 Å². The van der Waals surface area contributed by atoms with Gasteiger partial charge in [0.1, 0.15) is 6.23 Å². The van der Waals surface area contributed by atoms with Gasteiger partial charge >= 0.3 is 0 Å². The maximum Gasteiger partial charge on any atom is 0.238 e. The number of carbonyl (C=O) groups excluding carboxylic acids is 1. The second kappa shape index (κ2) is 5.92. The third-order valence-corrected chi connectivity index (χ3v) is 4.57. The summed E-state index contributed by atoms with van der Waals surface area (Å²) in [5.74, 6) is -0.0217. The zero-order valence-electron chi connectivity index (χ0n) is 14.0. The third-order valence-electron chi connectivity index (χ3n) is 4.57. The molecule has 0 aliphatic carbocycles. The highest BCUT2D eigenvalue weighted by atomic mass is 16.6. The summed E-state index contributed by atoms with van der Waals surface area (Å²) in [5, 5.41) is 5.38. The number of nitrogens with one attached hydrogen (secondary N) is 1. The minimum absolute atomic E-state index is 0.0217. The first-order valence-corrected chi connectivity index (χ1v) is 8.30. The van der Waals surface area contributed by atoms with Crippen LogP contribution in [0.5, 0.6) is 0 Å². The molecule has 1 atom stereocenters. The lowest BCUT2D eigenvalue weighted by molar-refractivity contribution is -0.117. The number of anilines is 1. The Labute approximate surface area is 140 Å². The van der Waals surface area contributed by atoms with E-state index in [0.717, 1.165) is 12.2 Å². The largest absolute Gasteiger partial charge is 0.357 e. The summed E-state index contributed by atoms with van der Waals surface area (Å²) in [5.41, 5.74) is 3.25. The number of hydrogen-bond donors (Lipinski definition) is 1. The number of nitrogens with zero attached hydrogens (tertiary/aromatic N) is 2. The van der Waals surface area contributed by atoms with E-state index in [1.54, 1.807) is 0 Å². The first kappa shape index (κ1) is 15.2. The summed E-state index contributed by atoms with van der Waals surface area (Å²) < 4.78 is 7.49. The number of carbonyl (C=O) groups is 1. The van der Waals surface area contributed by atoms with E-state index in [4.69, 9.17) is 4.74 Å². The van der Waals surface area contributed by atoms with Crippen molar-refractivity contribution in [3.63, 3.8) is 0 Å². The van der Waals surface area contributed by atoms with Gasteiger partial charge in [0.05, 0.1) is 13.2 Å². The highest BCUT2D eigenvalue weighted by molar-refractivity contribution is 6.09. The minimum atomic E-state index is -0.0217. The van der Waals surface area contributed by atoms with Crippen LogP contribution in [0.15, 0.2) is 42.5 Å². The van der Waals surface area contributed by atoms with Gasteiger partial charge in [-0.1, -0.05) is 18.2 Å². The molecule has 1 amide bonds. The Morgan fingerprint density at radius 2 is 2.00 bits per heavy atom. The molecule has 1 aliphatic rings. The van der Waals surface area contributed by atoms with Crippen LogP contribution in [0.4, 0.5) is 5.69 Å². The predicted molar refractivity (Wildman–Crippen MR) is 96.1 cm³/mol. The van der Waals surface area contributed by atoms with E-state index in [2.05, 4.69) is 53.2 Å². The second-order valence-electron chi connectivity index (χ2n) is 6.24. The highest BCUT2D eigenvalue weighted by Crippen LogP contribution is 2.30. The van der Waals surface area contributed by atoms with Gasteiger partial charge in [-0.15, -0.1) is 0 Å². The number of ether oxygens (including phenoxy) is 1. The molecule has 0 bridgehead atoms. The maximum absolute atomic E-state index is 12.2. The molecule has 1 aliphatic heterocycles. The predicted octanol–water partition coefficient (Wildman–Crippen LogP) is 3.04. The fourth-order valence-electron chi connectivity index (χ4n) is 3.30.